The molecule has 1 aromatic heterocycles. The van der Waals surface area contributed by atoms with E-state index in [0.29, 0.717) is 23.9 Å². The first kappa shape index (κ1) is 21.3. The minimum atomic E-state index is -0.609. The SMILES string of the molecule is CCCCCn1c(=O)c2ccccc2n(CC(=O)Nc2ccc(OC)c(F)c2)c1=O. The van der Waals surface area contributed by atoms with Gasteiger partial charge in [0.25, 0.3) is 5.56 Å². The lowest BCUT2D eigenvalue weighted by molar-refractivity contribution is -0.116. The number of nitrogens with zero attached hydrogens (tertiary/aromatic N) is 2. The van der Waals surface area contributed by atoms with E-state index in [2.05, 4.69) is 5.32 Å². The van der Waals surface area contributed by atoms with Crippen LogP contribution in [0.2, 0.25) is 0 Å². The number of carbonyl (C=O) groups excluding carboxylic acids is 1. The van der Waals surface area contributed by atoms with Crippen molar-refractivity contribution in [2.24, 2.45) is 0 Å². The van der Waals surface area contributed by atoms with Crippen LogP contribution in [0.15, 0.2) is 52.1 Å². The van der Waals surface area contributed by atoms with Crippen LogP contribution in [0.4, 0.5) is 10.1 Å². The normalized spacial score (nSPS) is 10.9. The Labute approximate surface area is 172 Å². The molecule has 0 fully saturated rings. The summed E-state index contributed by atoms with van der Waals surface area (Å²) in [5.41, 5.74) is -0.270. The molecule has 8 heteroatoms. The van der Waals surface area contributed by atoms with Crippen LogP contribution in [0.25, 0.3) is 10.9 Å². The lowest BCUT2D eigenvalue weighted by atomic mass is 10.2. The number of fused-ring (bicyclic) bond motifs is 1. The number of aromatic nitrogens is 2. The Kier molecular flexibility index (Phi) is 6.66. The Balaban J connectivity index is 1.94. The Hall–Kier alpha value is -3.42. The van der Waals surface area contributed by atoms with Gasteiger partial charge in [0, 0.05) is 18.3 Å². The molecule has 0 aliphatic carbocycles. The third-order valence-corrected chi connectivity index (χ3v) is 4.85. The van der Waals surface area contributed by atoms with Gasteiger partial charge in [-0.05, 0) is 30.7 Å². The number of rotatable bonds is 8. The van der Waals surface area contributed by atoms with Crippen molar-refractivity contribution >= 4 is 22.5 Å². The number of ether oxygens (including phenoxy) is 1. The highest BCUT2D eigenvalue weighted by Crippen LogP contribution is 2.20. The molecule has 3 aromatic rings. The first-order valence-electron chi connectivity index (χ1n) is 9.82. The lowest BCUT2D eigenvalue weighted by Gasteiger charge is -2.14. The van der Waals surface area contributed by atoms with E-state index in [4.69, 9.17) is 4.74 Å². The number of carbonyl (C=O) groups is 1. The summed E-state index contributed by atoms with van der Waals surface area (Å²) in [6.07, 6.45) is 2.54. The Bertz CT molecular complexity index is 1180. The summed E-state index contributed by atoms with van der Waals surface area (Å²) < 4.78 is 21.2. The Morgan fingerprint density at radius 2 is 1.87 bits per heavy atom. The van der Waals surface area contributed by atoms with E-state index < -0.39 is 17.4 Å². The molecule has 0 saturated heterocycles. The van der Waals surface area contributed by atoms with E-state index in [1.807, 2.05) is 6.92 Å². The number of unbranched alkanes of at least 4 members (excludes halogenated alkanes) is 2. The minimum absolute atomic E-state index is 0.0642. The van der Waals surface area contributed by atoms with E-state index in [0.717, 1.165) is 18.9 Å². The highest BCUT2D eigenvalue weighted by molar-refractivity contribution is 5.91. The summed E-state index contributed by atoms with van der Waals surface area (Å²) in [7, 11) is 1.35. The summed E-state index contributed by atoms with van der Waals surface area (Å²) in [6.45, 7) is 2.02. The minimum Gasteiger partial charge on any atom is -0.494 e. The highest BCUT2D eigenvalue weighted by atomic mass is 19.1. The Morgan fingerprint density at radius 3 is 2.57 bits per heavy atom. The fraction of sp³-hybridized carbons (Fsp3) is 0.318. The predicted molar refractivity (Wildman–Crippen MR) is 114 cm³/mol. The van der Waals surface area contributed by atoms with E-state index in [1.54, 1.807) is 24.3 Å². The Morgan fingerprint density at radius 1 is 1.10 bits per heavy atom. The maximum atomic E-state index is 13.9. The van der Waals surface area contributed by atoms with E-state index in [1.165, 1.54) is 28.4 Å². The average molecular weight is 413 g/mol. The van der Waals surface area contributed by atoms with Crippen LogP contribution < -0.4 is 21.3 Å². The van der Waals surface area contributed by atoms with Crippen molar-refractivity contribution in [3.8, 4) is 5.75 Å². The molecule has 1 heterocycles. The fourth-order valence-corrected chi connectivity index (χ4v) is 3.33. The molecule has 7 nitrogen and oxygen atoms in total. The zero-order chi connectivity index (χ0) is 21.7. The van der Waals surface area contributed by atoms with Crippen molar-refractivity contribution in [2.45, 2.75) is 39.3 Å². The van der Waals surface area contributed by atoms with Gasteiger partial charge in [0.2, 0.25) is 5.91 Å². The quantitative estimate of drug-likeness (QED) is 0.575. The maximum absolute atomic E-state index is 13.9. The third-order valence-electron chi connectivity index (χ3n) is 4.85. The molecule has 0 bridgehead atoms. The molecule has 0 aliphatic rings. The zero-order valence-electron chi connectivity index (χ0n) is 17.0. The van der Waals surface area contributed by atoms with Crippen molar-refractivity contribution < 1.29 is 13.9 Å². The van der Waals surface area contributed by atoms with Gasteiger partial charge in [-0.25, -0.2) is 9.18 Å². The summed E-state index contributed by atoms with van der Waals surface area (Å²) in [6, 6.07) is 10.7. The van der Waals surface area contributed by atoms with Crippen LogP contribution in [-0.2, 0) is 17.9 Å². The van der Waals surface area contributed by atoms with Gasteiger partial charge < -0.3 is 10.1 Å². The lowest BCUT2D eigenvalue weighted by Crippen LogP contribution is -2.41. The summed E-state index contributed by atoms with van der Waals surface area (Å²) >= 11 is 0. The molecule has 0 saturated carbocycles. The summed E-state index contributed by atoms with van der Waals surface area (Å²) in [4.78, 5) is 38.3. The molecule has 3 rings (SSSR count). The highest BCUT2D eigenvalue weighted by Gasteiger charge is 2.15. The second-order valence-electron chi connectivity index (χ2n) is 6.95. The summed E-state index contributed by atoms with van der Waals surface area (Å²) in [5, 5.41) is 2.95. The average Bonchev–Trinajstić information content (AvgIpc) is 2.74. The van der Waals surface area contributed by atoms with Crippen molar-refractivity contribution in [2.75, 3.05) is 12.4 Å². The number of amides is 1. The van der Waals surface area contributed by atoms with Gasteiger partial charge >= 0.3 is 5.69 Å². The van der Waals surface area contributed by atoms with Crippen LogP contribution in [-0.4, -0.2) is 22.2 Å². The second-order valence-corrected chi connectivity index (χ2v) is 6.95. The van der Waals surface area contributed by atoms with E-state index >= 15 is 0 Å². The fourth-order valence-electron chi connectivity index (χ4n) is 3.33. The van der Waals surface area contributed by atoms with E-state index in [9.17, 15) is 18.8 Å². The third kappa shape index (κ3) is 4.42. The molecule has 0 atom stereocenters. The standard InChI is InChI=1S/C22H24FN3O4/c1-3-4-7-12-25-21(28)16-8-5-6-9-18(16)26(22(25)29)14-20(27)24-15-10-11-19(30-2)17(23)13-15/h5-6,8-11,13H,3-4,7,12,14H2,1-2H3,(H,24,27). The smallest absolute Gasteiger partial charge is 0.331 e. The number of anilines is 1. The maximum Gasteiger partial charge on any atom is 0.331 e. The van der Waals surface area contributed by atoms with Crippen LogP contribution in [0.5, 0.6) is 5.75 Å². The molecule has 0 unspecified atom stereocenters. The molecule has 1 amide bonds. The zero-order valence-corrected chi connectivity index (χ0v) is 17.0. The van der Waals surface area contributed by atoms with Gasteiger partial charge in [-0.1, -0.05) is 31.9 Å². The van der Waals surface area contributed by atoms with Crippen molar-refractivity contribution in [3.05, 3.63) is 69.1 Å². The first-order chi connectivity index (χ1) is 14.5. The van der Waals surface area contributed by atoms with Crippen LogP contribution in [0.1, 0.15) is 26.2 Å². The largest absolute Gasteiger partial charge is 0.494 e. The molecule has 158 valence electrons. The van der Waals surface area contributed by atoms with Gasteiger partial charge in [-0.2, -0.15) is 0 Å². The topological polar surface area (TPSA) is 82.3 Å². The number of halogens is 1. The van der Waals surface area contributed by atoms with Crippen LogP contribution in [0, 0.1) is 5.82 Å². The molecule has 0 radical (unpaired) electrons. The van der Waals surface area contributed by atoms with Crippen molar-refractivity contribution in [3.63, 3.8) is 0 Å². The van der Waals surface area contributed by atoms with Crippen LogP contribution in [0.3, 0.4) is 0 Å². The molecule has 0 spiro atoms. The van der Waals surface area contributed by atoms with Crippen LogP contribution >= 0.6 is 0 Å². The van der Waals surface area contributed by atoms with Crippen molar-refractivity contribution in [1.29, 1.82) is 0 Å². The van der Waals surface area contributed by atoms with E-state index in [-0.39, 0.29) is 23.5 Å². The van der Waals surface area contributed by atoms with Gasteiger partial charge in [-0.3, -0.25) is 18.7 Å². The van der Waals surface area contributed by atoms with Crippen molar-refractivity contribution in [1.82, 2.24) is 9.13 Å². The predicted octanol–water partition coefficient (Wildman–Crippen LogP) is 3.14. The first-order valence-corrected chi connectivity index (χ1v) is 9.82. The molecule has 0 aliphatic heterocycles. The van der Waals surface area contributed by atoms with Gasteiger partial charge in [-0.15, -0.1) is 0 Å². The second kappa shape index (κ2) is 9.39. The number of hydrogen-bond donors (Lipinski definition) is 1. The van der Waals surface area contributed by atoms with Gasteiger partial charge in [0.05, 0.1) is 18.0 Å². The number of nitrogens with one attached hydrogen (secondary N) is 1. The number of methoxy groups -OCH3 is 1. The molecule has 1 N–H and O–H groups in total. The van der Waals surface area contributed by atoms with Gasteiger partial charge in [0.15, 0.2) is 11.6 Å². The monoisotopic (exact) mass is 413 g/mol. The molecule has 30 heavy (non-hydrogen) atoms. The summed E-state index contributed by atoms with van der Waals surface area (Å²) in [5.74, 6) is -1.05. The van der Waals surface area contributed by atoms with Gasteiger partial charge in [0.1, 0.15) is 6.54 Å². The molecular formula is C22H24FN3O4. The number of benzene rings is 2. The number of hydrogen-bond acceptors (Lipinski definition) is 4. The molecular weight excluding hydrogens is 389 g/mol. The molecule has 2 aromatic carbocycles. The number of para-hydroxylation sites is 1.